The van der Waals surface area contributed by atoms with Crippen LogP contribution in [0.5, 0.6) is 5.75 Å². The standard InChI is InChI=1S/C22H14ClF4N3O3/c23-13-3-1-2-12(6-13)9-30-10-14(8-28-30)29-22(31)18-5-4-15(33-18)11-32-21-19(26)16(24)7-17(25)20(21)27/h1-8,10H,9,11H2,(H,29,31). The summed E-state index contributed by atoms with van der Waals surface area (Å²) in [5, 5.41) is 7.35. The lowest BCUT2D eigenvalue weighted by Crippen LogP contribution is -2.10. The van der Waals surface area contributed by atoms with Gasteiger partial charge in [0.2, 0.25) is 11.6 Å². The summed E-state index contributed by atoms with van der Waals surface area (Å²) in [6, 6.07) is 9.95. The monoisotopic (exact) mass is 479 g/mol. The van der Waals surface area contributed by atoms with Gasteiger partial charge in [0.05, 0.1) is 18.4 Å². The molecule has 0 unspecified atom stereocenters. The molecule has 0 fully saturated rings. The number of anilines is 1. The Labute approximate surface area is 189 Å². The van der Waals surface area contributed by atoms with Crippen LogP contribution in [-0.2, 0) is 13.2 Å². The highest BCUT2D eigenvalue weighted by Gasteiger charge is 2.21. The van der Waals surface area contributed by atoms with Crippen LogP contribution in [0.25, 0.3) is 0 Å². The smallest absolute Gasteiger partial charge is 0.291 e. The van der Waals surface area contributed by atoms with Crippen LogP contribution in [0.3, 0.4) is 0 Å². The first kappa shape index (κ1) is 22.4. The number of benzene rings is 2. The highest BCUT2D eigenvalue weighted by atomic mass is 35.5. The second-order valence-corrected chi connectivity index (χ2v) is 7.30. The van der Waals surface area contributed by atoms with Crippen molar-refractivity contribution in [2.24, 2.45) is 0 Å². The minimum Gasteiger partial charge on any atom is -0.479 e. The molecule has 1 amide bonds. The van der Waals surface area contributed by atoms with Crippen molar-refractivity contribution in [3.63, 3.8) is 0 Å². The predicted octanol–water partition coefficient (Wildman–Crippen LogP) is 5.57. The fourth-order valence-corrected chi connectivity index (χ4v) is 3.14. The van der Waals surface area contributed by atoms with Gasteiger partial charge in [-0.2, -0.15) is 13.9 Å². The first-order valence-electron chi connectivity index (χ1n) is 9.43. The number of carbonyl (C=O) groups excluding carboxylic acids is 1. The summed E-state index contributed by atoms with van der Waals surface area (Å²) in [6.07, 6.45) is 3.05. The van der Waals surface area contributed by atoms with Crippen molar-refractivity contribution in [2.75, 3.05) is 5.32 Å². The number of ether oxygens (including phenoxy) is 1. The lowest BCUT2D eigenvalue weighted by molar-refractivity contribution is 0.0992. The van der Waals surface area contributed by atoms with E-state index in [-0.39, 0.29) is 17.6 Å². The minimum absolute atomic E-state index is 0.000251. The normalized spacial score (nSPS) is 10.9. The third-order valence-corrected chi connectivity index (χ3v) is 4.68. The van der Waals surface area contributed by atoms with Crippen LogP contribution >= 0.6 is 11.6 Å². The van der Waals surface area contributed by atoms with E-state index in [4.69, 9.17) is 20.8 Å². The molecule has 1 N–H and O–H groups in total. The van der Waals surface area contributed by atoms with Gasteiger partial charge in [0.25, 0.3) is 5.91 Å². The topological polar surface area (TPSA) is 69.3 Å². The Morgan fingerprint density at radius 3 is 2.58 bits per heavy atom. The van der Waals surface area contributed by atoms with E-state index in [0.717, 1.165) is 5.56 Å². The molecule has 11 heteroatoms. The molecule has 2 aromatic carbocycles. The van der Waals surface area contributed by atoms with Gasteiger partial charge in [-0.25, -0.2) is 8.78 Å². The van der Waals surface area contributed by atoms with Gasteiger partial charge in [-0.15, -0.1) is 0 Å². The Balaban J connectivity index is 1.37. The molecule has 0 aliphatic heterocycles. The van der Waals surface area contributed by atoms with Crippen molar-refractivity contribution in [1.29, 1.82) is 0 Å². The van der Waals surface area contributed by atoms with E-state index >= 15 is 0 Å². The van der Waals surface area contributed by atoms with Crippen molar-refractivity contribution >= 4 is 23.2 Å². The summed E-state index contributed by atoms with van der Waals surface area (Å²) in [5.74, 6) is -8.50. The van der Waals surface area contributed by atoms with Crippen molar-refractivity contribution < 1.29 is 31.5 Å². The van der Waals surface area contributed by atoms with Gasteiger partial charge in [-0.1, -0.05) is 23.7 Å². The van der Waals surface area contributed by atoms with Crippen LogP contribution in [-0.4, -0.2) is 15.7 Å². The second-order valence-electron chi connectivity index (χ2n) is 6.86. The van der Waals surface area contributed by atoms with E-state index in [0.29, 0.717) is 17.3 Å². The summed E-state index contributed by atoms with van der Waals surface area (Å²) in [6.45, 7) is -0.131. The average molecular weight is 480 g/mol. The van der Waals surface area contributed by atoms with Crippen molar-refractivity contribution in [1.82, 2.24) is 9.78 Å². The highest BCUT2D eigenvalue weighted by molar-refractivity contribution is 6.30. The minimum atomic E-state index is -1.67. The van der Waals surface area contributed by atoms with Gasteiger partial charge in [0.15, 0.2) is 23.1 Å². The Morgan fingerprint density at radius 2 is 1.85 bits per heavy atom. The largest absolute Gasteiger partial charge is 0.479 e. The van der Waals surface area contributed by atoms with E-state index in [1.165, 1.54) is 18.3 Å². The zero-order chi connectivity index (χ0) is 23.5. The van der Waals surface area contributed by atoms with Gasteiger partial charge in [-0.05, 0) is 29.8 Å². The van der Waals surface area contributed by atoms with Crippen LogP contribution in [0, 0.1) is 23.3 Å². The fraction of sp³-hybridized carbons (Fsp3) is 0.0909. The molecule has 2 aromatic heterocycles. The molecule has 0 bridgehead atoms. The van der Waals surface area contributed by atoms with Crippen LogP contribution in [0.2, 0.25) is 5.02 Å². The molecule has 0 radical (unpaired) electrons. The van der Waals surface area contributed by atoms with Crippen molar-refractivity contribution in [3.8, 4) is 5.75 Å². The van der Waals surface area contributed by atoms with Gasteiger partial charge in [0.1, 0.15) is 12.4 Å². The maximum atomic E-state index is 13.7. The number of furan rings is 1. The molecular formula is C22H14ClF4N3O3. The molecule has 0 saturated carbocycles. The third-order valence-electron chi connectivity index (χ3n) is 4.44. The SMILES string of the molecule is O=C(Nc1cnn(Cc2cccc(Cl)c2)c1)c1ccc(COc2c(F)c(F)cc(F)c2F)o1. The van der Waals surface area contributed by atoms with Crippen molar-refractivity contribution in [2.45, 2.75) is 13.2 Å². The summed E-state index contributed by atoms with van der Waals surface area (Å²) in [7, 11) is 0. The van der Waals surface area contributed by atoms with E-state index in [9.17, 15) is 22.4 Å². The van der Waals surface area contributed by atoms with Gasteiger partial charge in [0, 0.05) is 17.3 Å². The molecule has 0 spiro atoms. The molecule has 0 aliphatic rings. The Bertz CT molecular complexity index is 1300. The molecule has 4 rings (SSSR count). The molecule has 0 atom stereocenters. The average Bonchev–Trinajstić information content (AvgIpc) is 3.42. The van der Waals surface area contributed by atoms with Crippen LogP contribution < -0.4 is 10.1 Å². The molecule has 0 aliphatic carbocycles. The molecule has 2 heterocycles. The van der Waals surface area contributed by atoms with Gasteiger partial charge >= 0.3 is 0 Å². The lowest BCUT2D eigenvalue weighted by Gasteiger charge is -2.08. The molecule has 33 heavy (non-hydrogen) atoms. The van der Waals surface area contributed by atoms with Gasteiger partial charge in [-0.3, -0.25) is 9.48 Å². The number of carbonyl (C=O) groups is 1. The zero-order valence-electron chi connectivity index (χ0n) is 16.6. The second kappa shape index (κ2) is 9.37. The Morgan fingerprint density at radius 1 is 1.09 bits per heavy atom. The quantitative estimate of drug-likeness (QED) is 0.278. The highest BCUT2D eigenvalue weighted by Crippen LogP contribution is 2.27. The number of rotatable bonds is 7. The number of amides is 1. The predicted molar refractivity (Wildman–Crippen MR) is 110 cm³/mol. The molecular weight excluding hydrogens is 466 g/mol. The summed E-state index contributed by atoms with van der Waals surface area (Å²) in [5.41, 5.74) is 1.32. The zero-order valence-corrected chi connectivity index (χ0v) is 17.4. The first-order chi connectivity index (χ1) is 15.8. The summed E-state index contributed by atoms with van der Waals surface area (Å²) < 4.78 is 65.5. The Hall–Kier alpha value is -3.79. The van der Waals surface area contributed by atoms with Gasteiger partial charge < -0.3 is 14.5 Å². The number of nitrogens with zero attached hydrogens (tertiary/aromatic N) is 2. The summed E-state index contributed by atoms with van der Waals surface area (Å²) >= 11 is 5.96. The molecule has 4 aromatic rings. The number of hydrogen-bond acceptors (Lipinski definition) is 4. The number of nitrogens with one attached hydrogen (secondary N) is 1. The van der Waals surface area contributed by atoms with E-state index < -0.39 is 41.5 Å². The number of halogens is 5. The maximum absolute atomic E-state index is 13.7. The number of aromatic nitrogens is 2. The van der Waals surface area contributed by atoms with Crippen LogP contribution in [0.15, 0.2) is 59.3 Å². The number of hydrogen-bond donors (Lipinski definition) is 1. The van der Waals surface area contributed by atoms with E-state index in [1.54, 1.807) is 23.0 Å². The first-order valence-corrected chi connectivity index (χ1v) is 9.80. The van der Waals surface area contributed by atoms with Crippen LogP contribution in [0.1, 0.15) is 21.9 Å². The maximum Gasteiger partial charge on any atom is 0.291 e. The third kappa shape index (κ3) is 5.17. The van der Waals surface area contributed by atoms with E-state index in [2.05, 4.69) is 10.4 Å². The molecule has 6 nitrogen and oxygen atoms in total. The lowest BCUT2D eigenvalue weighted by atomic mass is 10.2. The van der Waals surface area contributed by atoms with Crippen LogP contribution in [0.4, 0.5) is 23.2 Å². The molecule has 0 saturated heterocycles. The summed E-state index contributed by atoms with van der Waals surface area (Å²) in [4.78, 5) is 12.4. The van der Waals surface area contributed by atoms with E-state index in [1.807, 2.05) is 12.1 Å². The molecule has 170 valence electrons. The van der Waals surface area contributed by atoms with Crippen molar-refractivity contribution in [3.05, 3.63) is 100 Å². The fourth-order valence-electron chi connectivity index (χ4n) is 2.93. The Kier molecular flexibility index (Phi) is 6.36.